The van der Waals surface area contributed by atoms with Gasteiger partial charge in [0.25, 0.3) is 0 Å². The number of nitrogens with zero attached hydrogens (tertiary/aromatic N) is 3. The van der Waals surface area contributed by atoms with Gasteiger partial charge in [0.2, 0.25) is 0 Å². The average Bonchev–Trinajstić information content (AvgIpc) is 2.25. The van der Waals surface area contributed by atoms with Gasteiger partial charge in [-0.2, -0.15) is 0 Å². The maximum absolute atomic E-state index is 9.62. The molecule has 0 radical (unpaired) electrons. The minimum absolute atomic E-state index is 0.255. The summed E-state index contributed by atoms with van der Waals surface area (Å²) in [5, 5.41) is 9.62. The van der Waals surface area contributed by atoms with Crippen molar-refractivity contribution in [1.82, 2.24) is 14.7 Å². The van der Waals surface area contributed by atoms with Crippen molar-refractivity contribution in [3.05, 3.63) is 0 Å². The van der Waals surface area contributed by atoms with Gasteiger partial charge in [-0.15, -0.1) is 0 Å². The molecule has 0 aliphatic heterocycles. The number of nitrogens with two attached hydrogens (primary N) is 1. The summed E-state index contributed by atoms with van der Waals surface area (Å²) < 4.78 is 0. The van der Waals surface area contributed by atoms with E-state index in [2.05, 4.69) is 42.9 Å². The third-order valence-corrected chi connectivity index (χ3v) is 3.02. The fourth-order valence-corrected chi connectivity index (χ4v) is 1.90. The van der Waals surface area contributed by atoms with Crippen LogP contribution in [-0.4, -0.2) is 86.4 Å². The molecule has 0 fully saturated rings. The summed E-state index contributed by atoms with van der Waals surface area (Å²) in [4.78, 5) is 6.54. The van der Waals surface area contributed by atoms with Crippen LogP contribution in [0.25, 0.3) is 0 Å². The normalized spacial score (nSPS) is 15.7. The van der Waals surface area contributed by atoms with Crippen molar-refractivity contribution >= 4 is 0 Å². The van der Waals surface area contributed by atoms with Crippen LogP contribution in [0.1, 0.15) is 19.8 Å². The van der Waals surface area contributed by atoms with Crippen molar-refractivity contribution in [2.75, 3.05) is 54.4 Å². The van der Waals surface area contributed by atoms with Crippen molar-refractivity contribution < 1.29 is 5.11 Å². The van der Waals surface area contributed by atoms with E-state index in [0.29, 0.717) is 0 Å². The van der Waals surface area contributed by atoms with Gasteiger partial charge in [-0.25, -0.2) is 0 Å². The smallest absolute Gasteiger partial charge is 0.0836 e. The van der Waals surface area contributed by atoms with Crippen LogP contribution in [0.4, 0.5) is 0 Å². The van der Waals surface area contributed by atoms with Gasteiger partial charge >= 0.3 is 0 Å². The van der Waals surface area contributed by atoms with Gasteiger partial charge in [-0.3, -0.25) is 4.90 Å². The third-order valence-electron chi connectivity index (χ3n) is 3.02. The molecule has 3 N–H and O–H groups in total. The molecule has 0 saturated heterocycles. The molecule has 5 nitrogen and oxygen atoms in total. The number of hydrogen-bond donors (Lipinski definition) is 2. The van der Waals surface area contributed by atoms with Crippen LogP contribution in [0.5, 0.6) is 0 Å². The average molecular weight is 260 g/mol. The minimum Gasteiger partial charge on any atom is -0.390 e. The van der Waals surface area contributed by atoms with Crippen molar-refractivity contribution in [2.45, 2.75) is 32.0 Å². The predicted molar refractivity (Wildman–Crippen MR) is 77.6 cm³/mol. The van der Waals surface area contributed by atoms with Crippen molar-refractivity contribution in [3.63, 3.8) is 0 Å². The molecule has 0 amide bonds. The third kappa shape index (κ3) is 8.83. The lowest BCUT2D eigenvalue weighted by atomic mass is 10.2. The van der Waals surface area contributed by atoms with Gasteiger partial charge in [0.15, 0.2) is 0 Å². The Labute approximate surface area is 113 Å². The molecule has 5 heteroatoms. The molecule has 0 aliphatic rings. The van der Waals surface area contributed by atoms with E-state index in [1.54, 1.807) is 6.92 Å². The Balaban J connectivity index is 4.08. The Morgan fingerprint density at radius 2 is 1.28 bits per heavy atom. The van der Waals surface area contributed by atoms with Crippen LogP contribution in [0.15, 0.2) is 0 Å². The van der Waals surface area contributed by atoms with E-state index in [4.69, 9.17) is 5.73 Å². The highest BCUT2D eigenvalue weighted by molar-refractivity contribution is 4.71. The first-order valence-electron chi connectivity index (χ1n) is 6.81. The van der Waals surface area contributed by atoms with E-state index in [1.807, 2.05) is 0 Å². The van der Waals surface area contributed by atoms with Gasteiger partial charge in [0, 0.05) is 13.1 Å². The monoisotopic (exact) mass is 260 g/mol. The van der Waals surface area contributed by atoms with E-state index in [0.717, 1.165) is 39.0 Å². The van der Waals surface area contributed by atoms with Crippen LogP contribution < -0.4 is 5.73 Å². The summed E-state index contributed by atoms with van der Waals surface area (Å²) in [6.07, 6.45) is 1.42. The Morgan fingerprint density at radius 1 is 0.889 bits per heavy atom. The Bertz CT molecular complexity index is 183. The predicted octanol–water partition coefficient (Wildman–Crippen LogP) is -0.143. The lowest BCUT2D eigenvalue weighted by molar-refractivity contribution is 0.0599. The van der Waals surface area contributed by atoms with E-state index in [9.17, 15) is 5.11 Å². The zero-order valence-corrected chi connectivity index (χ0v) is 12.8. The number of rotatable bonds is 10. The van der Waals surface area contributed by atoms with Crippen LogP contribution in [0.3, 0.4) is 0 Å². The minimum atomic E-state index is -0.483. The van der Waals surface area contributed by atoms with Crippen LogP contribution in [-0.2, 0) is 0 Å². The molecular weight excluding hydrogens is 228 g/mol. The Morgan fingerprint density at radius 3 is 1.56 bits per heavy atom. The SMILES string of the molecule is CC(O)C(N)N(CCCN(C)C)CCCN(C)C. The lowest BCUT2D eigenvalue weighted by Crippen LogP contribution is -2.50. The first-order valence-corrected chi connectivity index (χ1v) is 6.81. The molecule has 0 aromatic carbocycles. The molecule has 2 unspecified atom stereocenters. The highest BCUT2D eigenvalue weighted by Crippen LogP contribution is 2.03. The van der Waals surface area contributed by atoms with Crippen molar-refractivity contribution in [1.29, 1.82) is 0 Å². The quantitative estimate of drug-likeness (QED) is 0.535. The molecule has 0 rings (SSSR count). The molecule has 2 atom stereocenters. The van der Waals surface area contributed by atoms with Gasteiger partial charge < -0.3 is 20.6 Å². The summed E-state index contributed by atoms with van der Waals surface area (Å²) in [6.45, 7) is 5.75. The van der Waals surface area contributed by atoms with Gasteiger partial charge in [-0.05, 0) is 61.0 Å². The summed E-state index contributed by atoms with van der Waals surface area (Å²) >= 11 is 0. The van der Waals surface area contributed by atoms with Gasteiger partial charge in [-0.1, -0.05) is 0 Å². The molecule has 0 aromatic rings. The highest BCUT2D eigenvalue weighted by atomic mass is 16.3. The maximum Gasteiger partial charge on any atom is 0.0836 e. The van der Waals surface area contributed by atoms with Crippen LogP contribution in [0, 0.1) is 0 Å². The van der Waals surface area contributed by atoms with E-state index in [-0.39, 0.29) is 6.17 Å². The molecular formula is C13H32N4O. The molecule has 0 aromatic heterocycles. The fourth-order valence-electron chi connectivity index (χ4n) is 1.90. The lowest BCUT2D eigenvalue weighted by Gasteiger charge is -2.31. The van der Waals surface area contributed by atoms with E-state index < -0.39 is 6.10 Å². The molecule has 0 saturated carbocycles. The molecule has 0 aliphatic carbocycles. The molecule has 0 bridgehead atoms. The van der Waals surface area contributed by atoms with E-state index in [1.165, 1.54) is 0 Å². The zero-order chi connectivity index (χ0) is 14.1. The summed E-state index contributed by atoms with van der Waals surface area (Å²) in [6, 6.07) is 0. The Hall–Kier alpha value is -0.200. The summed E-state index contributed by atoms with van der Waals surface area (Å²) in [5.41, 5.74) is 6.04. The molecule has 0 heterocycles. The fraction of sp³-hybridized carbons (Fsp3) is 1.00. The number of aliphatic hydroxyl groups is 1. The summed E-state index contributed by atoms with van der Waals surface area (Å²) in [7, 11) is 8.30. The maximum atomic E-state index is 9.62. The highest BCUT2D eigenvalue weighted by Gasteiger charge is 2.18. The molecule has 110 valence electrons. The number of hydrogen-bond acceptors (Lipinski definition) is 5. The van der Waals surface area contributed by atoms with E-state index >= 15 is 0 Å². The summed E-state index contributed by atoms with van der Waals surface area (Å²) in [5.74, 6) is 0. The van der Waals surface area contributed by atoms with Gasteiger partial charge in [0.05, 0.1) is 12.3 Å². The first kappa shape index (κ1) is 17.8. The van der Waals surface area contributed by atoms with Crippen molar-refractivity contribution in [2.24, 2.45) is 5.73 Å². The van der Waals surface area contributed by atoms with Crippen LogP contribution >= 0.6 is 0 Å². The van der Waals surface area contributed by atoms with Gasteiger partial charge in [0.1, 0.15) is 0 Å². The zero-order valence-electron chi connectivity index (χ0n) is 12.8. The second kappa shape index (κ2) is 9.69. The molecule has 0 spiro atoms. The largest absolute Gasteiger partial charge is 0.390 e. The topological polar surface area (TPSA) is 56.0 Å². The first-order chi connectivity index (χ1) is 8.34. The molecule has 18 heavy (non-hydrogen) atoms. The van der Waals surface area contributed by atoms with Crippen LogP contribution in [0.2, 0.25) is 0 Å². The Kier molecular flexibility index (Phi) is 9.59. The number of aliphatic hydroxyl groups excluding tert-OH is 1. The van der Waals surface area contributed by atoms with Crippen molar-refractivity contribution in [3.8, 4) is 0 Å². The standard InChI is InChI=1S/C13H32N4O/c1-12(18)13(14)17(10-6-8-15(2)3)11-7-9-16(4)5/h12-13,18H,6-11,14H2,1-5H3. The second-order valence-electron chi connectivity index (χ2n) is 5.58. The second-order valence-corrected chi connectivity index (χ2v) is 5.58.